The second kappa shape index (κ2) is 3.72. The van der Waals surface area contributed by atoms with Gasteiger partial charge < -0.3 is 11.5 Å². The predicted molar refractivity (Wildman–Crippen MR) is 48.6 cm³/mol. The minimum absolute atomic E-state index is 0.597. The second-order valence-corrected chi connectivity index (χ2v) is 2.74. The monoisotopic (exact) mass is 170 g/mol. The van der Waals surface area contributed by atoms with Crippen molar-refractivity contribution in [1.82, 2.24) is 0 Å². The average molecular weight is 171 g/mol. The van der Waals surface area contributed by atoms with Crippen molar-refractivity contribution in [1.29, 1.82) is 0 Å². The lowest BCUT2D eigenvalue weighted by atomic mass is 10.6. The standard InChI is InChI=1S/C6H3Cl.C2H8N2/c7-6-2-4-1-5(4)3-6;3-1-2-4/h1-3H;1-4H2. The Morgan fingerprint density at radius 2 is 1.45 bits per heavy atom. The number of hydrogen-bond donors (Lipinski definition) is 2. The Morgan fingerprint density at radius 3 is 1.64 bits per heavy atom. The summed E-state index contributed by atoms with van der Waals surface area (Å²) in [7, 11) is 0. The van der Waals surface area contributed by atoms with Crippen LogP contribution in [0.2, 0.25) is 5.02 Å². The van der Waals surface area contributed by atoms with Crippen molar-refractivity contribution in [3.05, 3.63) is 23.2 Å². The van der Waals surface area contributed by atoms with Gasteiger partial charge in [-0.2, -0.15) is 0 Å². The molecule has 60 valence electrons. The van der Waals surface area contributed by atoms with E-state index in [0.717, 1.165) is 5.02 Å². The van der Waals surface area contributed by atoms with E-state index in [1.807, 2.05) is 12.1 Å². The van der Waals surface area contributed by atoms with Crippen LogP contribution in [-0.4, -0.2) is 13.1 Å². The zero-order valence-electron chi connectivity index (χ0n) is 6.18. The van der Waals surface area contributed by atoms with Gasteiger partial charge in [0.05, 0.1) is 0 Å². The number of halogens is 1. The van der Waals surface area contributed by atoms with Gasteiger partial charge in [-0.25, -0.2) is 0 Å². The van der Waals surface area contributed by atoms with Crippen LogP contribution in [0.4, 0.5) is 0 Å². The third kappa shape index (κ3) is 2.50. The Labute approximate surface area is 71.1 Å². The highest BCUT2D eigenvalue weighted by Gasteiger charge is 2.11. The van der Waals surface area contributed by atoms with E-state index in [4.69, 9.17) is 23.1 Å². The number of benzene rings is 1. The Balaban J connectivity index is 0.000000134. The molecule has 0 bridgehead atoms. The summed E-state index contributed by atoms with van der Waals surface area (Å²) in [4.78, 5) is 0. The first-order valence-corrected chi connectivity index (χ1v) is 3.87. The summed E-state index contributed by atoms with van der Waals surface area (Å²) >= 11 is 5.58. The maximum Gasteiger partial charge on any atom is 0.0418 e. The third-order valence-corrected chi connectivity index (χ3v) is 1.53. The molecule has 2 aliphatic rings. The van der Waals surface area contributed by atoms with Crippen molar-refractivity contribution in [3.63, 3.8) is 0 Å². The van der Waals surface area contributed by atoms with Crippen molar-refractivity contribution in [3.8, 4) is 11.1 Å². The van der Waals surface area contributed by atoms with Gasteiger partial charge in [-0.1, -0.05) is 11.6 Å². The average Bonchev–Trinajstić information content (AvgIpc) is 2.61. The molecule has 0 aromatic carbocycles. The van der Waals surface area contributed by atoms with Gasteiger partial charge in [-0.3, -0.25) is 0 Å². The van der Waals surface area contributed by atoms with Crippen molar-refractivity contribution >= 4 is 11.6 Å². The van der Waals surface area contributed by atoms with Crippen LogP contribution < -0.4 is 11.5 Å². The van der Waals surface area contributed by atoms with E-state index < -0.39 is 0 Å². The molecule has 0 aromatic rings. The van der Waals surface area contributed by atoms with Crippen LogP contribution in [0.15, 0.2) is 18.2 Å². The Kier molecular flexibility index (Phi) is 2.88. The second-order valence-electron chi connectivity index (χ2n) is 2.31. The zero-order valence-corrected chi connectivity index (χ0v) is 6.93. The molecule has 0 atom stereocenters. The lowest BCUT2D eigenvalue weighted by molar-refractivity contribution is 0.976. The summed E-state index contributed by atoms with van der Waals surface area (Å²) in [6.45, 7) is 1.19. The first-order valence-electron chi connectivity index (χ1n) is 3.49. The van der Waals surface area contributed by atoms with Crippen LogP contribution in [0.3, 0.4) is 0 Å². The molecule has 0 saturated carbocycles. The molecular formula is C8H11ClN2. The quantitative estimate of drug-likeness (QED) is 0.677. The summed E-state index contributed by atoms with van der Waals surface area (Å²) in [5.41, 5.74) is 12.4. The third-order valence-electron chi connectivity index (χ3n) is 1.31. The summed E-state index contributed by atoms with van der Waals surface area (Å²) < 4.78 is 0. The number of rotatable bonds is 1. The molecule has 0 heterocycles. The fourth-order valence-corrected chi connectivity index (χ4v) is 0.955. The Hall–Kier alpha value is -0.570. The van der Waals surface area contributed by atoms with Crippen LogP contribution in [0, 0.1) is 0 Å². The molecule has 2 nitrogen and oxygen atoms in total. The Morgan fingerprint density at radius 1 is 1.00 bits per heavy atom. The van der Waals surface area contributed by atoms with Gasteiger partial charge in [-0.05, 0) is 29.3 Å². The van der Waals surface area contributed by atoms with E-state index in [9.17, 15) is 0 Å². The summed E-state index contributed by atoms with van der Waals surface area (Å²) in [6, 6.07) is 6.04. The first-order chi connectivity index (χ1) is 5.27. The summed E-state index contributed by atoms with van der Waals surface area (Å²) in [6.07, 6.45) is 0. The van der Waals surface area contributed by atoms with Crippen LogP contribution in [-0.2, 0) is 0 Å². The highest BCUT2D eigenvalue weighted by molar-refractivity contribution is 6.32. The molecule has 0 aliphatic heterocycles. The SMILES string of the molecule is Clc1cc2cc-2c1.NCCN. The lowest BCUT2D eigenvalue weighted by Crippen LogP contribution is -2.11. The van der Waals surface area contributed by atoms with Gasteiger partial charge in [0.15, 0.2) is 0 Å². The number of fused-ring (bicyclic) bond motifs is 1. The Bertz CT molecular complexity index is 226. The maximum absolute atomic E-state index is 5.58. The topological polar surface area (TPSA) is 52.0 Å². The molecule has 0 radical (unpaired) electrons. The number of hydrogen-bond acceptors (Lipinski definition) is 2. The van der Waals surface area contributed by atoms with Gasteiger partial charge in [0, 0.05) is 18.1 Å². The number of nitrogens with two attached hydrogens (primary N) is 2. The fourth-order valence-electron chi connectivity index (χ4n) is 0.720. The molecular weight excluding hydrogens is 160 g/mol. The van der Waals surface area contributed by atoms with Crippen molar-refractivity contribution < 1.29 is 0 Å². The van der Waals surface area contributed by atoms with Gasteiger partial charge in [-0.15, -0.1) is 0 Å². The van der Waals surface area contributed by atoms with Crippen LogP contribution in [0.1, 0.15) is 0 Å². The largest absolute Gasteiger partial charge is 0.329 e. The van der Waals surface area contributed by atoms with E-state index in [2.05, 4.69) is 6.07 Å². The van der Waals surface area contributed by atoms with Gasteiger partial charge >= 0.3 is 0 Å². The molecule has 11 heavy (non-hydrogen) atoms. The molecule has 0 spiro atoms. The molecule has 2 aliphatic carbocycles. The minimum atomic E-state index is 0.597. The van der Waals surface area contributed by atoms with Crippen molar-refractivity contribution in [2.24, 2.45) is 11.5 Å². The van der Waals surface area contributed by atoms with Gasteiger partial charge in [0.1, 0.15) is 0 Å². The van der Waals surface area contributed by atoms with Crippen LogP contribution >= 0.6 is 11.6 Å². The van der Waals surface area contributed by atoms with Crippen LogP contribution in [0.25, 0.3) is 11.1 Å². The molecule has 0 unspecified atom stereocenters. The van der Waals surface area contributed by atoms with E-state index in [1.54, 1.807) is 0 Å². The maximum atomic E-state index is 5.58. The molecule has 0 fully saturated rings. The van der Waals surface area contributed by atoms with Gasteiger partial charge in [0.2, 0.25) is 0 Å². The summed E-state index contributed by atoms with van der Waals surface area (Å²) in [5.74, 6) is 0. The summed E-state index contributed by atoms with van der Waals surface area (Å²) in [5, 5.41) is 0.868. The van der Waals surface area contributed by atoms with E-state index in [0.29, 0.717) is 13.1 Å². The molecule has 0 amide bonds. The predicted octanol–water partition coefficient (Wildman–Crippen LogP) is 1.22. The van der Waals surface area contributed by atoms with E-state index in [1.165, 1.54) is 11.1 Å². The minimum Gasteiger partial charge on any atom is -0.329 e. The molecule has 3 heteroatoms. The van der Waals surface area contributed by atoms with Crippen molar-refractivity contribution in [2.75, 3.05) is 13.1 Å². The van der Waals surface area contributed by atoms with Gasteiger partial charge in [0.25, 0.3) is 0 Å². The fraction of sp³-hybridized carbons (Fsp3) is 0.250. The highest BCUT2D eigenvalue weighted by Crippen LogP contribution is 2.37. The molecule has 0 aromatic heterocycles. The first kappa shape index (κ1) is 8.53. The lowest BCUT2D eigenvalue weighted by Gasteiger charge is -1.72. The zero-order chi connectivity index (χ0) is 8.27. The molecule has 0 saturated heterocycles. The molecule has 2 rings (SSSR count). The molecule has 4 N–H and O–H groups in total. The van der Waals surface area contributed by atoms with Crippen LogP contribution in [0.5, 0.6) is 0 Å². The van der Waals surface area contributed by atoms with E-state index >= 15 is 0 Å². The van der Waals surface area contributed by atoms with E-state index in [-0.39, 0.29) is 0 Å². The smallest absolute Gasteiger partial charge is 0.0418 e. The van der Waals surface area contributed by atoms with Crippen molar-refractivity contribution in [2.45, 2.75) is 0 Å². The highest BCUT2D eigenvalue weighted by atomic mass is 35.5. The normalized spacial score (nSPS) is 10.1.